The van der Waals surface area contributed by atoms with E-state index in [1.165, 1.54) is 5.56 Å². The van der Waals surface area contributed by atoms with Gasteiger partial charge in [-0.15, -0.1) is 0 Å². The summed E-state index contributed by atoms with van der Waals surface area (Å²) in [6.07, 6.45) is 1.80. The molecule has 0 aliphatic rings. The SMILES string of the molecule is CCCC(C)(N)c1nc(-c2cccc(C)c2)no1. The van der Waals surface area contributed by atoms with Crippen molar-refractivity contribution in [1.82, 2.24) is 10.1 Å². The molecule has 0 amide bonds. The summed E-state index contributed by atoms with van der Waals surface area (Å²) in [4.78, 5) is 4.41. The lowest BCUT2D eigenvalue weighted by Crippen LogP contribution is -2.33. The number of hydrogen-bond acceptors (Lipinski definition) is 4. The first kappa shape index (κ1) is 12.8. The highest BCUT2D eigenvalue weighted by Crippen LogP contribution is 2.24. The maximum absolute atomic E-state index is 6.17. The fourth-order valence-corrected chi connectivity index (χ4v) is 1.98. The van der Waals surface area contributed by atoms with E-state index >= 15 is 0 Å². The molecule has 0 saturated heterocycles. The zero-order valence-electron chi connectivity index (χ0n) is 11.1. The van der Waals surface area contributed by atoms with Crippen LogP contribution in [0.1, 0.15) is 38.1 Å². The first-order chi connectivity index (χ1) is 8.53. The molecule has 1 aromatic carbocycles. The Morgan fingerprint density at radius 3 is 2.83 bits per heavy atom. The monoisotopic (exact) mass is 245 g/mol. The van der Waals surface area contributed by atoms with Gasteiger partial charge in [0.25, 0.3) is 0 Å². The summed E-state index contributed by atoms with van der Waals surface area (Å²) in [7, 11) is 0. The molecule has 0 saturated carbocycles. The molecule has 18 heavy (non-hydrogen) atoms. The summed E-state index contributed by atoms with van der Waals surface area (Å²) in [5.41, 5.74) is 7.75. The second-order valence-electron chi connectivity index (χ2n) is 4.96. The lowest BCUT2D eigenvalue weighted by molar-refractivity contribution is 0.284. The Morgan fingerprint density at radius 1 is 1.39 bits per heavy atom. The molecule has 0 aliphatic heterocycles. The molecule has 4 heteroatoms. The van der Waals surface area contributed by atoms with Gasteiger partial charge in [-0.2, -0.15) is 4.98 Å². The van der Waals surface area contributed by atoms with Crippen LogP contribution in [0.15, 0.2) is 28.8 Å². The first-order valence-corrected chi connectivity index (χ1v) is 6.23. The minimum absolute atomic E-state index is 0.501. The second kappa shape index (κ2) is 4.90. The van der Waals surface area contributed by atoms with E-state index in [2.05, 4.69) is 17.1 Å². The van der Waals surface area contributed by atoms with Gasteiger partial charge >= 0.3 is 0 Å². The fourth-order valence-electron chi connectivity index (χ4n) is 1.98. The lowest BCUT2D eigenvalue weighted by Gasteiger charge is -2.18. The van der Waals surface area contributed by atoms with Crippen LogP contribution >= 0.6 is 0 Å². The van der Waals surface area contributed by atoms with E-state index in [0.717, 1.165) is 18.4 Å². The Labute approximate surface area is 107 Å². The summed E-state index contributed by atoms with van der Waals surface area (Å²) < 4.78 is 5.29. The third-order valence-corrected chi connectivity index (χ3v) is 2.96. The minimum atomic E-state index is -0.552. The van der Waals surface area contributed by atoms with Gasteiger partial charge in [-0.3, -0.25) is 0 Å². The van der Waals surface area contributed by atoms with Crippen molar-refractivity contribution in [3.05, 3.63) is 35.7 Å². The van der Waals surface area contributed by atoms with Crippen LogP contribution < -0.4 is 5.73 Å². The van der Waals surface area contributed by atoms with Gasteiger partial charge in [0.2, 0.25) is 11.7 Å². The Hall–Kier alpha value is -1.68. The van der Waals surface area contributed by atoms with E-state index in [0.29, 0.717) is 11.7 Å². The normalized spacial score (nSPS) is 14.4. The van der Waals surface area contributed by atoms with Crippen LogP contribution in [-0.2, 0) is 5.54 Å². The lowest BCUT2D eigenvalue weighted by atomic mass is 9.98. The predicted octanol–water partition coefficient (Wildman–Crippen LogP) is 3.02. The quantitative estimate of drug-likeness (QED) is 0.899. The summed E-state index contributed by atoms with van der Waals surface area (Å²) >= 11 is 0. The average Bonchev–Trinajstić information content (AvgIpc) is 2.78. The Kier molecular flexibility index (Phi) is 3.48. The van der Waals surface area contributed by atoms with Gasteiger partial charge in [0.1, 0.15) is 0 Å². The van der Waals surface area contributed by atoms with Gasteiger partial charge in [-0.1, -0.05) is 42.3 Å². The number of aryl methyl sites for hydroxylation is 1. The highest BCUT2D eigenvalue weighted by molar-refractivity contribution is 5.55. The molecule has 2 N–H and O–H groups in total. The molecule has 0 aliphatic carbocycles. The smallest absolute Gasteiger partial charge is 0.246 e. The Bertz CT molecular complexity index is 531. The largest absolute Gasteiger partial charge is 0.337 e. The summed E-state index contributed by atoms with van der Waals surface area (Å²) in [6, 6.07) is 8.01. The van der Waals surface area contributed by atoms with Crippen molar-refractivity contribution < 1.29 is 4.52 Å². The number of hydrogen-bond donors (Lipinski definition) is 1. The van der Waals surface area contributed by atoms with Crippen LogP contribution in [0, 0.1) is 6.92 Å². The van der Waals surface area contributed by atoms with Gasteiger partial charge in [0.15, 0.2) is 0 Å². The van der Waals surface area contributed by atoms with Crippen LogP contribution in [0.5, 0.6) is 0 Å². The summed E-state index contributed by atoms with van der Waals surface area (Å²) in [6.45, 7) is 6.04. The number of nitrogens with two attached hydrogens (primary N) is 1. The molecule has 1 heterocycles. The van der Waals surface area contributed by atoms with Gasteiger partial charge in [0.05, 0.1) is 5.54 Å². The van der Waals surface area contributed by atoms with Crippen molar-refractivity contribution in [2.75, 3.05) is 0 Å². The van der Waals surface area contributed by atoms with E-state index in [9.17, 15) is 0 Å². The van der Waals surface area contributed by atoms with Crippen molar-refractivity contribution in [2.45, 2.75) is 39.2 Å². The molecule has 0 spiro atoms. The van der Waals surface area contributed by atoms with E-state index in [1.54, 1.807) is 0 Å². The van der Waals surface area contributed by atoms with E-state index < -0.39 is 5.54 Å². The third-order valence-electron chi connectivity index (χ3n) is 2.96. The van der Waals surface area contributed by atoms with Crippen molar-refractivity contribution in [1.29, 1.82) is 0 Å². The van der Waals surface area contributed by atoms with Gasteiger partial charge in [0, 0.05) is 5.56 Å². The van der Waals surface area contributed by atoms with Crippen molar-refractivity contribution in [3.8, 4) is 11.4 Å². The van der Waals surface area contributed by atoms with Gasteiger partial charge < -0.3 is 10.3 Å². The number of rotatable bonds is 4. The number of benzene rings is 1. The molecule has 2 aromatic rings. The third kappa shape index (κ3) is 2.59. The molecule has 0 bridgehead atoms. The zero-order valence-corrected chi connectivity index (χ0v) is 11.1. The average molecular weight is 245 g/mol. The standard InChI is InChI=1S/C14H19N3O/c1-4-8-14(3,15)13-16-12(17-18-13)11-7-5-6-10(2)9-11/h5-7,9H,4,8,15H2,1-3H3. The molecule has 0 fully saturated rings. The summed E-state index contributed by atoms with van der Waals surface area (Å²) in [5.74, 6) is 1.10. The van der Waals surface area contributed by atoms with Gasteiger partial charge in [-0.05, 0) is 26.3 Å². The van der Waals surface area contributed by atoms with Crippen LogP contribution in [0.4, 0.5) is 0 Å². The van der Waals surface area contributed by atoms with Crippen molar-refractivity contribution in [3.63, 3.8) is 0 Å². The molecular weight excluding hydrogens is 226 g/mol. The minimum Gasteiger partial charge on any atom is -0.337 e. The van der Waals surface area contributed by atoms with E-state index in [4.69, 9.17) is 10.3 Å². The molecule has 0 radical (unpaired) electrons. The zero-order chi connectivity index (χ0) is 13.2. The highest BCUT2D eigenvalue weighted by atomic mass is 16.5. The molecule has 1 atom stereocenters. The van der Waals surface area contributed by atoms with Crippen LogP contribution in [-0.4, -0.2) is 10.1 Å². The Morgan fingerprint density at radius 2 is 2.17 bits per heavy atom. The topological polar surface area (TPSA) is 64.9 Å². The molecule has 2 rings (SSSR count). The van der Waals surface area contributed by atoms with Crippen molar-refractivity contribution >= 4 is 0 Å². The van der Waals surface area contributed by atoms with Crippen LogP contribution in [0.3, 0.4) is 0 Å². The molecule has 1 aromatic heterocycles. The van der Waals surface area contributed by atoms with Crippen LogP contribution in [0.2, 0.25) is 0 Å². The highest BCUT2D eigenvalue weighted by Gasteiger charge is 2.27. The van der Waals surface area contributed by atoms with Crippen LogP contribution in [0.25, 0.3) is 11.4 Å². The number of nitrogens with zero attached hydrogens (tertiary/aromatic N) is 2. The maximum Gasteiger partial charge on any atom is 0.246 e. The number of aromatic nitrogens is 2. The molecule has 4 nitrogen and oxygen atoms in total. The molecule has 1 unspecified atom stereocenters. The van der Waals surface area contributed by atoms with Crippen molar-refractivity contribution in [2.24, 2.45) is 5.73 Å². The Balaban J connectivity index is 2.31. The molecule has 96 valence electrons. The van der Waals surface area contributed by atoms with E-state index in [1.807, 2.05) is 38.1 Å². The first-order valence-electron chi connectivity index (χ1n) is 6.23. The molecular formula is C14H19N3O. The van der Waals surface area contributed by atoms with Gasteiger partial charge in [-0.25, -0.2) is 0 Å². The predicted molar refractivity (Wildman–Crippen MR) is 70.9 cm³/mol. The second-order valence-corrected chi connectivity index (χ2v) is 4.96. The fraction of sp³-hybridized carbons (Fsp3) is 0.429. The maximum atomic E-state index is 6.17. The van der Waals surface area contributed by atoms with E-state index in [-0.39, 0.29) is 0 Å². The summed E-state index contributed by atoms with van der Waals surface area (Å²) in [5, 5.41) is 4.01.